The molecule has 0 amide bonds. The third-order valence-corrected chi connectivity index (χ3v) is 3.58. The Balaban J connectivity index is 2.93. The minimum atomic E-state index is -0.782. The van der Waals surface area contributed by atoms with Gasteiger partial charge in [0.2, 0.25) is 0 Å². The SMILES string of the molecule is CC(C)C1=[PH](N)C=CC=C1. The van der Waals surface area contributed by atoms with Crippen molar-refractivity contribution in [1.82, 2.24) is 0 Å². The van der Waals surface area contributed by atoms with E-state index in [0.29, 0.717) is 5.92 Å². The van der Waals surface area contributed by atoms with E-state index < -0.39 is 7.70 Å². The van der Waals surface area contributed by atoms with E-state index >= 15 is 0 Å². The second-order valence-electron chi connectivity index (χ2n) is 2.78. The number of hydrogen-bond acceptors (Lipinski definition) is 1. The molecule has 1 atom stereocenters. The van der Waals surface area contributed by atoms with Crippen LogP contribution in [-0.4, -0.2) is 5.29 Å². The highest BCUT2D eigenvalue weighted by atomic mass is 31.1. The summed E-state index contributed by atoms with van der Waals surface area (Å²) < 4.78 is 0. The average Bonchev–Trinajstić information content (AvgIpc) is 1.88. The van der Waals surface area contributed by atoms with Gasteiger partial charge in [-0.05, 0) is 18.9 Å². The molecule has 56 valence electrons. The Hall–Kier alpha value is -0.260. The van der Waals surface area contributed by atoms with Crippen LogP contribution in [-0.2, 0) is 0 Å². The fraction of sp³-hybridized carbons (Fsp3) is 0.375. The maximum absolute atomic E-state index is 5.91. The summed E-state index contributed by atoms with van der Waals surface area (Å²) in [6.07, 6.45) is 6.26. The fourth-order valence-corrected chi connectivity index (χ4v) is 2.50. The summed E-state index contributed by atoms with van der Waals surface area (Å²) in [5.74, 6) is 2.74. The van der Waals surface area contributed by atoms with Crippen molar-refractivity contribution in [2.75, 3.05) is 0 Å². The van der Waals surface area contributed by atoms with Gasteiger partial charge in [0.15, 0.2) is 0 Å². The summed E-state index contributed by atoms with van der Waals surface area (Å²) in [7, 11) is -0.782. The lowest BCUT2D eigenvalue weighted by Crippen LogP contribution is -2.05. The molecule has 0 bridgehead atoms. The molecule has 2 heteroatoms. The minimum absolute atomic E-state index is 0.611. The summed E-state index contributed by atoms with van der Waals surface area (Å²) in [5.41, 5.74) is 5.91. The molecule has 0 spiro atoms. The fourth-order valence-electron chi connectivity index (χ4n) is 1.04. The van der Waals surface area contributed by atoms with Crippen molar-refractivity contribution in [2.45, 2.75) is 13.8 Å². The largest absolute Gasteiger partial charge is 0.310 e. The average molecular weight is 155 g/mol. The van der Waals surface area contributed by atoms with Crippen molar-refractivity contribution in [3.8, 4) is 0 Å². The molecule has 1 unspecified atom stereocenters. The smallest absolute Gasteiger partial charge is 0.0205 e. The quantitative estimate of drug-likeness (QED) is 0.576. The van der Waals surface area contributed by atoms with E-state index in [-0.39, 0.29) is 0 Å². The maximum Gasteiger partial charge on any atom is -0.0205 e. The van der Waals surface area contributed by atoms with Gasteiger partial charge >= 0.3 is 0 Å². The van der Waals surface area contributed by atoms with Gasteiger partial charge in [-0.3, -0.25) is 0 Å². The first-order valence-electron chi connectivity index (χ1n) is 3.56. The molecular weight excluding hydrogens is 141 g/mol. The van der Waals surface area contributed by atoms with E-state index in [0.717, 1.165) is 0 Å². The van der Waals surface area contributed by atoms with Gasteiger partial charge in [0.1, 0.15) is 0 Å². The molecule has 0 aromatic carbocycles. The van der Waals surface area contributed by atoms with Crippen LogP contribution in [0.4, 0.5) is 0 Å². The summed E-state index contributed by atoms with van der Waals surface area (Å²) >= 11 is 0. The molecule has 0 saturated heterocycles. The lowest BCUT2D eigenvalue weighted by Gasteiger charge is -2.11. The van der Waals surface area contributed by atoms with E-state index in [9.17, 15) is 0 Å². The Kier molecular flexibility index (Phi) is 2.53. The molecule has 1 rings (SSSR count). The Morgan fingerprint density at radius 2 is 2.10 bits per heavy atom. The van der Waals surface area contributed by atoms with Crippen LogP contribution in [0.15, 0.2) is 24.0 Å². The summed E-state index contributed by atoms with van der Waals surface area (Å²) in [6.45, 7) is 4.38. The maximum atomic E-state index is 5.91. The van der Waals surface area contributed by atoms with Gasteiger partial charge in [0, 0.05) is 0 Å². The Bertz CT molecular complexity index is 211. The number of rotatable bonds is 1. The number of allylic oxidation sites excluding steroid dienone is 3. The highest BCUT2D eigenvalue weighted by molar-refractivity contribution is 7.60. The van der Waals surface area contributed by atoms with Gasteiger partial charge in [-0.25, -0.2) is 0 Å². The van der Waals surface area contributed by atoms with Gasteiger partial charge in [0.05, 0.1) is 0 Å². The lowest BCUT2D eigenvalue weighted by molar-refractivity contribution is 0.904. The van der Waals surface area contributed by atoms with Gasteiger partial charge in [0.25, 0.3) is 0 Å². The molecule has 1 heterocycles. The van der Waals surface area contributed by atoms with E-state index in [1.807, 2.05) is 6.08 Å². The topological polar surface area (TPSA) is 26.0 Å². The number of hydrogen-bond donors (Lipinski definition) is 1. The van der Waals surface area contributed by atoms with E-state index in [2.05, 4.69) is 31.8 Å². The van der Waals surface area contributed by atoms with Gasteiger partial charge in [-0.15, -0.1) is 0 Å². The molecule has 0 aliphatic carbocycles. The molecule has 1 aliphatic heterocycles. The van der Waals surface area contributed by atoms with Crippen molar-refractivity contribution in [1.29, 1.82) is 0 Å². The Morgan fingerprint density at radius 3 is 2.50 bits per heavy atom. The predicted molar refractivity (Wildman–Crippen MR) is 50.6 cm³/mol. The van der Waals surface area contributed by atoms with Crippen LogP contribution in [0, 0.1) is 5.92 Å². The molecule has 2 N–H and O–H groups in total. The third kappa shape index (κ3) is 1.62. The highest BCUT2D eigenvalue weighted by Gasteiger charge is 2.02. The molecule has 0 saturated carbocycles. The highest BCUT2D eigenvalue weighted by Crippen LogP contribution is 2.24. The summed E-state index contributed by atoms with van der Waals surface area (Å²) in [5, 5.41) is 1.42. The van der Waals surface area contributed by atoms with Gasteiger partial charge < -0.3 is 5.50 Å². The van der Waals surface area contributed by atoms with Crippen LogP contribution >= 0.6 is 7.70 Å². The molecule has 1 nitrogen and oxygen atoms in total. The molecule has 0 aromatic rings. The van der Waals surface area contributed by atoms with E-state index in [4.69, 9.17) is 5.50 Å². The predicted octanol–water partition coefficient (Wildman–Crippen LogP) is 1.99. The number of nitrogens with two attached hydrogens (primary N) is 1. The summed E-state index contributed by atoms with van der Waals surface area (Å²) in [4.78, 5) is 0. The van der Waals surface area contributed by atoms with Crippen molar-refractivity contribution in [3.63, 3.8) is 0 Å². The zero-order chi connectivity index (χ0) is 7.56. The molecule has 10 heavy (non-hydrogen) atoms. The van der Waals surface area contributed by atoms with Crippen LogP contribution < -0.4 is 5.50 Å². The first-order valence-corrected chi connectivity index (χ1v) is 5.21. The third-order valence-electron chi connectivity index (χ3n) is 1.62. The molecule has 0 radical (unpaired) electrons. The van der Waals surface area contributed by atoms with Crippen molar-refractivity contribution >= 4 is 13.0 Å². The Morgan fingerprint density at radius 1 is 1.40 bits per heavy atom. The molecule has 1 aliphatic rings. The molecule has 0 fully saturated rings. The standard InChI is InChI=1S/C8H14NP/c1-7(2)8-5-3-4-6-10(8)9/h3-7,10H,9H2,1-2H3. The second kappa shape index (κ2) is 3.23. The zero-order valence-electron chi connectivity index (χ0n) is 6.46. The minimum Gasteiger partial charge on any atom is -0.310 e. The van der Waals surface area contributed by atoms with Crippen LogP contribution in [0.1, 0.15) is 13.8 Å². The van der Waals surface area contributed by atoms with Gasteiger partial charge in [-0.1, -0.05) is 37.9 Å². The lowest BCUT2D eigenvalue weighted by atomic mass is 10.1. The van der Waals surface area contributed by atoms with Crippen LogP contribution in [0.5, 0.6) is 0 Å². The second-order valence-corrected chi connectivity index (χ2v) is 4.60. The van der Waals surface area contributed by atoms with E-state index in [1.165, 1.54) is 5.29 Å². The first-order chi connectivity index (χ1) is 4.72. The van der Waals surface area contributed by atoms with Gasteiger partial charge in [-0.2, -0.15) is 0 Å². The van der Waals surface area contributed by atoms with Crippen molar-refractivity contribution in [2.24, 2.45) is 11.4 Å². The van der Waals surface area contributed by atoms with Crippen molar-refractivity contribution in [3.05, 3.63) is 24.0 Å². The van der Waals surface area contributed by atoms with Crippen LogP contribution in [0.25, 0.3) is 0 Å². The monoisotopic (exact) mass is 155 g/mol. The molecular formula is C8H14NP. The Labute approximate surface area is 63.1 Å². The molecule has 0 aromatic heterocycles. The normalized spacial score (nSPS) is 24.4. The first kappa shape index (κ1) is 7.84. The van der Waals surface area contributed by atoms with Crippen LogP contribution in [0.3, 0.4) is 0 Å². The van der Waals surface area contributed by atoms with Crippen LogP contribution in [0.2, 0.25) is 0 Å². The van der Waals surface area contributed by atoms with Crippen molar-refractivity contribution < 1.29 is 0 Å². The van der Waals surface area contributed by atoms with E-state index in [1.54, 1.807) is 0 Å². The summed E-state index contributed by atoms with van der Waals surface area (Å²) in [6, 6.07) is 0. The zero-order valence-corrected chi connectivity index (χ0v) is 7.46.